The van der Waals surface area contributed by atoms with E-state index in [4.69, 9.17) is 4.74 Å². The van der Waals surface area contributed by atoms with Crippen LogP contribution in [0.3, 0.4) is 0 Å². The Morgan fingerprint density at radius 1 is 1.54 bits per heavy atom. The van der Waals surface area contributed by atoms with E-state index >= 15 is 0 Å². The highest BCUT2D eigenvalue weighted by atomic mass is 16.5. The Morgan fingerprint density at radius 2 is 2.23 bits per heavy atom. The van der Waals surface area contributed by atoms with Gasteiger partial charge in [-0.15, -0.1) is 6.58 Å². The lowest BCUT2D eigenvalue weighted by Gasteiger charge is -2.10. The van der Waals surface area contributed by atoms with E-state index in [9.17, 15) is 5.11 Å². The first kappa shape index (κ1) is 9.65. The zero-order valence-electron chi connectivity index (χ0n) is 8.00. The molecule has 13 heavy (non-hydrogen) atoms. The number of benzene rings is 1. The predicted octanol–water partition coefficient (Wildman–Crippen LogP) is 2.44. The lowest BCUT2D eigenvalue weighted by Crippen LogP contribution is -1.93. The van der Waals surface area contributed by atoms with Crippen LogP contribution in [0.1, 0.15) is 11.1 Å². The molecule has 0 aliphatic carbocycles. The second-order valence-electron chi connectivity index (χ2n) is 2.88. The summed E-state index contributed by atoms with van der Waals surface area (Å²) < 4.78 is 5.14. The molecule has 2 heteroatoms. The number of ether oxygens (including phenoxy) is 1. The Morgan fingerprint density at radius 3 is 2.77 bits per heavy atom. The number of rotatable bonds is 3. The van der Waals surface area contributed by atoms with Crippen LogP contribution in [0.4, 0.5) is 0 Å². The van der Waals surface area contributed by atoms with Crippen molar-refractivity contribution in [3.05, 3.63) is 35.9 Å². The molecule has 1 aromatic carbocycles. The first-order chi connectivity index (χ1) is 6.20. The third kappa shape index (κ3) is 1.83. The van der Waals surface area contributed by atoms with E-state index in [-0.39, 0.29) is 0 Å². The fraction of sp³-hybridized carbons (Fsp3) is 0.273. The molecule has 0 fully saturated rings. The third-order valence-electron chi connectivity index (χ3n) is 2.09. The van der Waals surface area contributed by atoms with Gasteiger partial charge >= 0.3 is 0 Å². The molecule has 0 unspecified atom stereocenters. The van der Waals surface area contributed by atoms with Gasteiger partial charge in [0.1, 0.15) is 11.5 Å². The molecule has 1 rings (SSSR count). The molecule has 0 aliphatic heterocycles. The minimum absolute atomic E-state index is 0.304. The molecule has 70 valence electrons. The van der Waals surface area contributed by atoms with E-state index in [0.29, 0.717) is 12.2 Å². The Kier molecular flexibility index (Phi) is 2.96. The lowest BCUT2D eigenvalue weighted by atomic mass is 10.0. The summed E-state index contributed by atoms with van der Waals surface area (Å²) in [5, 5.41) is 9.54. The molecule has 0 aliphatic rings. The summed E-state index contributed by atoms with van der Waals surface area (Å²) >= 11 is 0. The maximum absolute atomic E-state index is 9.54. The number of allylic oxidation sites excluding steroid dienone is 1. The second kappa shape index (κ2) is 3.99. The Bertz CT molecular complexity index is 316. The Balaban J connectivity index is 3.20. The van der Waals surface area contributed by atoms with Crippen molar-refractivity contribution >= 4 is 0 Å². The van der Waals surface area contributed by atoms with Crippen molar-refractivity contribution in [1.29, 1.82) is 0 Å². The monoisotopic (exact) mass is 178 g/mol. The first-order valence-electron chi connectivity index (χ1n) is 4.17. The number of hydrogen-bond acceptors (Lipinski definition) is 2. The van der Waals surface area contributed by atoms with Crippen molar-refractivity contribution in [2.75, 3.05) is 7.11 Å². The molecule has 0 bridgehead atoms. The van der Waals surface area contributed by atoms with Crippen LogP contribution in [0, 0.1) is 6.92 Å². The summed E-state index contributed by atoms with van der Waals surface area (Å²) in [6, 6.07) is 3.40. The largest absolute Gasteiger partial charge is 0.508 e. The van der Waals surface area contributed by atoms with Gasteiger partial charge in [0.2, 0.25) is 0 Å². The molecule has 0 atom stereocenters. The van der Waals surface area contributed by atoms with Crippen LogP contribution in [0.15, 0.2) is 24.8 Å². The normalized spacial score (nSPS) is 9.69. The van der Waals surface area contributed by atoms with E-state index in [0.717, 1.165) is 16.9 Å². The fourth-order valence-electron chi connectivity index (χ4n) is 1.34. The summed E-state index contributed by atoms with van der Waals surface area (Å²) in [5.41, 5.74) is 1.86. The molecule has 0 heterocycles. The highest BCUT2D eigenvalue weighted by Crippen LogP contribution is 2.29. The van der Waals surface area contributed by atoms with E-state index in [1.54, 1.807) is 25.3 Å². The average Bonchev–Trinajstić information content (AvgIpc) is 2.12. The maximum atomic E-state index is 9.54. The van der Waals surface area contributed by atoms with Gasteiger partial charge in [0, 0.05) is 5.56 Å². The van der Waals surface area contributed by atoms with Gasteiger partial charge in [0.15, 0.2) is 0 Å². The Labute approximate surface area is 78.5 Å². The molecule has 0 saturated heterocycles. The van der Waals surface area contributed by atoms with Gasteiger partial charge in [-0.05, 0) is 31.0 Å². The SMILES string of the molecule is C=CCc1c(O)ccc(OC)c1C. The molecule has 0 spiro atoms. The minimum Gasteiger partial charge on any atom is -0.508 e. The smallest absolute Gasteiger partial charge is 0.122 e. The highest BCUT2D eigenvalue weighted by Gasteiger charge is 2.07. The zero-order chi connectivity index (χ0) is 9.84. The molecular weight excluding hydrogens is 164 g/mol. The van der Waals surface area contributed by atoms with Gasteiger partial charge in [0.25, 0.3) is 0 Å². The first-order valence-corrected chi connectivity index (χ1v) is 4.17. The van der Waals surface area contributed by atoms with Crippen molar-refractivity contribution in [1.82, 2.24) is 0 Å². The highest BCUT2D eigenvalue weighted by molar-refractivity contribution is 5.47. The second-order valence-corrected chi connectivity index (χ2v) is 2.88. The summed E-state index contributed by atoms with van der Waals surface area (Å²) in [7, 11) is 1.62. The van der Waals surface area contributed by atoms with Crippen molar-refractivity contribution in [2.45, 2.75) is 13.3 Å². The molecule has 0 amide bonds. The Hall–Kier alpha value is -1.44. The average molecular weight is 178 g/mol. The fourth-order valence-corrected chi connectivity index (χ4v) is 1.34. The maximum Gasteiger partial charge on any atom is 0.122 e. The zero-order valence-corrected chi connectivity index (χ0v) is 8.00. The number of aromatic hydroxyl groups is 1. The van der Waals surface area contributed by atoms with Crippen LogP contribution in [-0.2, 0) is 6.42 Å². The van der Waals surface area contributed by atoms with Gasteiger partial charge in [0.05, 0.1) is 7.11 Å². The minimum atomic E-state index is 0.304. The van der Waals surface area contributed by atoms with Gasteiger partial charge in [-0.25, -0.2) is 0 Å². The number of hydrogen-bond donors (Lipinski definition) is 1. The van der Waals surface area contributed by atoms with Gasteiger partial charge in [-0.1, -0.05) is 6.08 Å². The number of phenols is 1. The van der Waals surface area contributed by atoms with Crippen LogP contribution < -0.4 is 4.74 Å². The predicted molar refractivity (Wildman–Crippen MR) is 53.3 cm³/mol. The number of methoxy groups -OCH3 is 1. The van der Waals surface area contributed by atoms with Crippen molar-refractivity contribution in [3.63, 3.8) is 0 Å². The van der Waals surface area contributed by atoms with E-state index < -0.39 is 0 Å². The van der Waals surface area contributed by atoms with Gasteiger partial charge in [-0.3, -0.25) is 0 Å². The molecular formula is C11H14O2. The lowest BCUT2D eigenvalue weighted by molar-refractivity contribution is 0.407. The van der Waals surface area contributed by atoms with E-state index in [1.807, 2.05) is 6.92 Å². The van der Waals surface area contributed by atoms with Crippen LogP contribution in [0.5, 0.6) is 11.5 Å². The van der Waals surface area contributed by atoms with Gasteiger partial charge < -0.3 is 9.84 Å². The van der Waals surface area contributed by atoms with Crippen LogP contribution in [0.2, 0.25) is 0 Å². The quantitative estimate of drug-likeness (QED) is 0.720. The van der Waals surface area contributed by atoms with Crippen LogP contribution >= 0.6 is 0 Å². The topological polar surface area (TPSA) is 29.5 Å². The summed E-state index contributed by atoms with van der Waals surface area (Å²) in [6.07, 6.45) is 2.43. The number of phenolic OH excluding ortho intramolecular Hbond substituents is 1. The third-order valence-corrected chi connectivity index (χ3v) is 2.09. The molecule has 2 nitrogen and oxygen atoms in total. The van der Waals surface area contributed by atoms with Crippen LogP contribution in [0.25, 0.3) is 0 Å². The van der Waals surface area contributed by atoms with E-state index in [2.05, 4.69) is 6.58 Å². The van der Waals surface area contributed by atoms with Crippen molar-refractivity contribution < 1.29 is 9.84 Å². The standard InChI is InChI=1S/C11H14O2/c1-4-5-9-8(2)11(13-3)7-6-10(9)12/h4,6-7,12H,1,5H2,2-3H3. The van der Waals surface area contributed by atoms with Crippen molar-refractivity contribution in [2.24, 2.45) is 0 Å². The molecule has 0 aromatic heterocycles. The van der Waals surface area contributed by atoms with Crippen molar-refractivity contribution in [3.8, 4) is 11.5 Å². The summed E-state index contributed by atoms with van der Waals surface area (Å²) in [5.74, 6) is 1.10. The summed E-state index contributed by atoms with van der Waals surface area (Å²) in [4.78, 5) is 0. The van der Waals surface area contributed by atoms with Crippen LogP contribution in [-0.4, -0.2) is 12.2 Å². The molecule has 0 saturated carbocycles. The molecule has 1 aromatic rings. The molecule has 1 N–H and O–H groups in total. The van der Waals surface area contributed by atoms with Gasteiger partial charge in [-0.2, -0.15) is 0 Å². The summed E-state index contributed by atoms with van der Waals surface area (Å²) in [6.45, 7) is 5.57. The van der Waals surface area contributed by atoms with E-state index in [1.165, 1.54) is 0 Å². The molecule has 0 radical (unpaired) electrons.